The molecule has 0 bridgehead atoms. The maximum Gasteiger partial charge on any atom is 0.336 e. The average Bonchev–Trinajstić information content (AvgIpc) is 2.86. The number of carbonyl (C=O) groups excluding carboxylic acids is 1. The lowest BCUT2D eigenvalue weighted by Gasteiger charge is -2.13. The summed E-state index contributed by atoms with van der Waals surface area (Å²) in [6.45, 7) is 3.34. The zero-order valence-corrected chi connectivity index (χ0v) is 14.8. The maximum atomic E-state index is 12.0. The standard InChI is InChI=1S/C17H19NO6S/c1-10-7-16(20)24-17-11(2)14(4-3-13(10)17)23-8-15(19)18-12-5-6-25(21,22)9-12/h3-4,7,12H,5-6,8-9H2,1-2H3,(H,18,19)/t12-/m0/s1. The summed E-state index contributed by atoms with van der Waals surface area (Å²) in [5, 5.41) is 3.47. The van der Waals surface area contributed by atoms with Crippen LogP contribution < -0.4 is 15.7 Å². The fourth-order valence-corrected chi connectivity index (χ4v) is 4.65. The highest BCUT2D eigenvalue weighted by Crippen LogP contribution is 2.28. The molecule has 25 heavy (non-hydrogen) atoms. The molecule has 1 saturated heterocycles. The number of carbonyl (C=O) groups is 1. The molecular weight excluding hydrogens is 346 g/mol. The highest BCUT2D eigenvalue weighted by Gasteiger charge is 2.28. The van der Waals surface area contributed by atoms with Crippen molar-refractivity contribution in [1.82, 2.24) is 5.32 Å². The van der Waals surface area contributed by atoms with Gasteiger partial charge in [-0.25, -0.2) is 13.2 Å². The monoisotopic (exact) mass is 365 g/mol. The molecule has 3 rings (SSSR count). The van der Waals surface area contributed by atoms with Crippen molar-refractivity contribution in [3.63, 3.8) is 0 Å². The summed E-state index contributed by atoms with van der Waals surface area (Å²) >= 11 is 0. The fraction of sp³-hybridized carbons (Fsp3) is 0.412. The molecule has 0 radical (unpaired) electrons. The molecule has 0 unspecified atom stereocenters. The van der Waals surface area contributed by atoms with Crippen LogP contribution in [-0.2, 0) is 14.6 Å². The third-order valence-electron chi connectivity index (χ3n) is 4.27. The first kappa shape index (κ1) is 17.5. The van der Waals surface area contributed by atoms with Crippen LogP contribution >= 0.6 is 0 Å². The Hall–Kier alpha value is -2.35. The zero-order valence-electron chi connectivity index (χ0n) is 14.0. The van der Waals surface area contributed by atoms with Crippen molar-refractivity contribution in [2.24, 2.45) is 0 Å². The van der Waals surface area contributed by atoms with E-state index in [-0.39, 0.29) is 30.1 Å². The van der Waals surface area contributed by atoms with E-state index >= 15 is 0 Å². The van der Waals surface area contributed by atoms with Crippen LogP contribution in [0, 0.1) is 13.8 Å². The van der Waals surface area contributed by atoms with E-state index in [4.69, 9.17) is 9.15 Å². The molecule has 7 nitrogen and oxygen atoms in total. The molecule has 1 atom stereocenters. The fourth-order valence-electron chi connectivity index (χ4n) is 2.98. The number of nitrogens with one attached hydrogen (secondary N) is 1. The molecule has 1 aromatic carbocycles. The van der Waals surface area contributed by atoms with Crippen molar-refractivity contribution in [3.05, 3.63) is 39.7 Å². The first-order valence-corrected chi connectivity index (χ1v) is 9.74. The zero-order chi connectivity index (χ0) is 18.2. The predicted octanol–water partition coefficient (Wildman–Crippen LogP) is 1.09. The van der Waals surface area contributed by atoms with Gasteiger partial charge in [0.2, 0.25) is 0 Å². The van der Waals surface area contributed by atoms with Gasteiger partial charge in [0.15, 0.2) is 16.4 Å². The molecule has 8 heteroatoms. The third-order valence-corrected chi connectivity index (χ3v) is 6.04. The number of rotatable bonds is 4. The summed E-state index contributed by atoms with van der Waals surface area (Å²) < 4.78 is 33.6. The van der Waals surface area contributed by atoms with E-state index in [2.05, 4.69) is 5.32 Å². The van der Waals surface area contributed by atoms with E-state index in [1.165, 1.54) is 6.07 Å². The second-order valence-corrected chi connectivity index (χ2v) is 8.50. The summed E-state index contributed by atoms with van der Waals surface area (Å²) in [5.41, 5.74) is 1.44. The van der Waals surface area contributed by atoms with Gasteiger partial charge in [0.1, 0.15) is 11.3 Å². The Morgan fingerprint density at radius 3 is 2.80 bits per heavy atom. The highest BCUT2D eigenvalue weighted by molar-refractivity contribution is 7.91. The first-order valence-electron chi connectivity index (χ1n) is 7.92. The lowest BCUT2D eigenvalue weighted by atomic mass is 10.1. The van der Waals surface area contributed by atoms with E-state index in [0.29, 0.717) is 23.3 Å². The van der Waals surface area contributed by atoms with E-state index in [1.807, 2.05) is 6.92 Å². The van der Waals surface area contributed by atoms with Gasteiger partial charge in [-0.1, -0.05) is 0 Å². The Morgan fingerprint density at radius 2 is 2.12 bits per heavy atom. The molecule has 0 aliphatic carbocycles. The van der Waals surface area contributed by atoms with Gasteiger partial charge in [-0.3, -0.25) is 4.79 Å². The molecule has 1 fully saturated rings. The SMILES string of the molecule is Cc1cc(=O)oc2c(C)c(OCC(=O)N[C@H]3CCS(=O)(=O)C3)ccc12. The van der Waals surface area contributed by atoms with E-state index in [1.54, 1.807) is 19.1 Å². The van der Waals surface area contributed by atoms with Gasteiger partial charge in [0.25, 0.3) is 5.91 Å². The van der Waals surface area contributed by atoms with Crippen LogP contribution in [-0.4, -0.2) is 38.5 Å². The van der Waals surface area contributed by atoms with Crippen molar-refractivity contribution >= 4 is 26.7 Å². The minimum absolute atomic E-state index is 0.0296. The molecule has 2 heterocycles. The van der Waals surface area contributed by atoms with Gasteiger partial charge in [-0.05, 0) is 38.0 Å². The van der Waals surface area contributed by atoms with Crippen molar-refractivity contribution in [1.29, 1.82) is 0 Å². The predicted molar refractivity (Wildman–Crippen MR) is 92.7 cm³/mol. The number of ether oxygens (including phenoxy) is 1. The second-order valence-electron chi connectivity index (χ2n) is 6.27. The van der Waals surface area contributed by atoms with Crippen LogP contribution in [0.25, 0.3) is 11.0 Å². The number of hydrogen-bond acceptors (Lipinski definition) is 6. The molecule has 0 spiro atoms. The smallest absolute Gasteiger partial charge is 0.336 e. The Morgan fingerprint density at radius 1 is 1.36 bits per heavy atom. The molecule has 1 aliphatic rings. The number of sulfone groups is 1. The van der Waals surface area contributed by atoms with Gasteiger partial charge in [-0.15, -0.1) is 0 Å². The minimum Gasteiger partial charge on any atom is -0.483 e. The second kappa shape index (κ2) is 6.51. The Labute approximate surface area is 144 Å². The van der Waals surface area contributed by atoms with Gasteiger partial charge >= 0.3 is 5.63 Å². The van der Waals surface area contributed by atoms with Crippen LogP contribution in [0.5, 0.6) is 5.75 Å². The summed E-state index contributed by atoms with van der Waals surface area (Å²) in [6, 6.07) is 4.56. The largest absolute Gasteiger partial charge is 0.483 e. The quantitative estimate of drug-likeness (QED) is 0.814. The summed E-state index contributed by atoms with van der Waals surface area (Å²) in [6.07, 6.45) is 0.424. The molecule has 1 amide bonds. The van der Waals surface area contributed by atoms with Crippen molar-refractivity contribution in [2.75, 3.05) is 18.1 Å². The molecular formula is C17H19NO6S. The number of benzene rings is 1. The molecule has 134 valence electrons. The van der Waals surface area contributed by atoms with Crippen LogP contribution in [0.15, 0.2) is 27.4 Å². The molecule has 1 N–H and O–H groups in total. The number of fused-ring (bicyclic) bond motifs is 1. The van der Waals surface area contributed by atoms with E-state index < -0.39 is 15.5 Å². The lowest BCUT2D eigenvalue weighted by molar-refractivity contribution is -0.123. The Kier molecular flexibility index (Phi) is 4.55. The van der Waals surface area contributed by atoms with E-state index in [9.17, 15) is 18.0 Å². The summed E-state index contributed by atoms with van der Waals surface area (Å²) in [5.74, 6) is 0.127. The lowest BCUT2D eigenvalue weighted by Crippen LogP contribution is -2.38. The molecule has 2 aromatic rings. The molecule has 1 aromatic heterocycles. The van der Waals surface area contributed by atoms with Crippen molar-refractivity contribution < 1.29 is 22.4 Å². The summed E-state index contributed by atoms with van der Waals surface area (Å²) in [7, 11) is -3.04. The van der Waals surface area contributed by atoms with Crippen molar-refractivity contribution in [2.45, 2.75) is 26.3 Å². The number of hydrogen-bond donors (Lipinski definition) is 1. The normalized spacial score (nSPS) is 19.0. The van der Waals surface area contributed by atoms with Crippen LogP contribution in [0.1, 0.15) is 17.5 Å². The van der Waals surface area contributed by atoms with Gasteiger partial charge in [0.05, 0.1) is 11.5 Å². The first-order chi connectivity index (χ1) is 11.7. The topological polar surface area (TPSA) is 103 Å². The van der Waals surface area contributed by atoms with E-state index in [0.717, 1.165) is 10.9 Å². The molecule has 1 aliphatic heterocycles. The third kappa shape index (κ3) is 3.84. The van der Waals surface area contributed by atoms with Gasteiger partial charge in [0, 0.05) is 23.1 Å². The minimum atomic E-state index is -3.04. The summed E-state index contributed by atoms with van der Waals surface area (Å²) in [4.78, 5) is 23.5. The molecule has 0 saturated carbocycles. The van der Waals surface area contributed by atoms with Crippen LogP contribution in [0.4, 0.5) is 0 Å². The van der Waals surface area contributed by atoms with Crippen LogP contribution in [0.3, 0.4) is 0 Å². The average molecular weight is 365 g/mol. The highest BCUT2D eigenvalue weighted by atomic mass is 32.2. The van der Waals surface area contributed by atoms with Crippen LogP contribution in [0.2, 0.25) is 0 Å². The Bertz CT molecular complexity index is 992. The Balaban J connectivity index is 1.70. The van der Waals surface area contributed by atoms with Gasteiger partial charge < -0.3 is 14.5 Å². The number of aryl methyl sites for hydroxylation is 2. The van der Waals surface area contributed by atoms with Crippen molar-refractivity contribution in [3.8, 4) is 5.75 Å². The maximum absolute atomic E-state index is 12.0. The van der Waals surface area contributed by atoms with Gasteiger partial charge in [-0.2, -0.15) is 0 Å². The number of amides is 1.